The van der Waals surface area contributed by atoms with Gasteiger partial charge in [0, 0.05) is 21.0 Å². The van der Waals surface area contributed by atoms with Gasteiger partial charge in [-0.1, -0.05) is 53.3 Å². The molecule has 18 heavy (non-hydrogen) atoms. The van der Waals surface area contributed by atoms with Gasteiger partial charge in [-0.2, -0.15) is 0 Å². The number of halogens is 2. The molecule has 0 fully saturated rings. The van der Waals surface area contributed by atoms with Gasteiger partial charge in [0.2, 0.25) is 0 Å². The second-order valence-electron chi connectivity index (χ2n) is 3.81. The summed E-state index contributed by atoms with van der Waals surface area (Å²) in [5.74, 6) is 0. The smallest absolute Gasteiger partial charge is 0.138 e. The first kappa shape index (κ1) is 15.8. The minimum Gasteiger partial charge on any atom is -0.341 e. The van der Waals surface area contributed by atoms with Crippen LogP contribution in [0, 0.1) is 6.92 Å². The fourth-order valence-corrected chi connectivity index (χ4v) is 3.00. The van der Waals surface area contributed by atoms with Crippen LogP contribution in [0.25, 0.3) is 0 Å². The zero-order valence-corrected chi connectivity index (χ0v) is 13.6. The third kappa shape index (κ3) is 4.81. The normalized spacial score (nSPS) is 13.3. The molecule has 1 nitrogen and oxygen atoms in total. The van der Waals surface area contributed by atoms with Crippen LogP contribution in [0.1, 0.15) is 19.4 Å². The lowest BCUT2D eigenvalue weighted by Gasteiger charge is -2.14. The molecule has 0 aliphatic carbocycles. The number of nitrogens with one attached hydrogen (secondary N) is 1. The van der Waals surface area contributed by atoms with Crippen molar-refractivity contribution in [2.24, 2.45) is 0 Å². The molecule has 0 spiro atoms. The van der Waals surface area contributed by atoms with Crippen LogP contribution in [0.4, 0.5) is 5.69 Å². The van der Waals surface area contributed by atoms with Crippen LogP contribution in [0.5, 0.6) is 0 Å². The minimum absolute atomic E-state index is 0.157. The molecule has 1 N–H and O–H groups in total. The maximum Gasteiger partial charge on any atom is 0.138 e. The van der Waals surface area contributed by atoms with Gasteiger partial charge in [-0.05, 0) is 44.5 Å². The Morgan fingerprint density at radius 3 is 2.72 bits per heavy atom. The predicted molar refractivity (Wildman–Crippen MR) is 89.1 cm³/mol. The summed E-state index contributed by atoms with van der Waals surface area (Å²) in [6, 6.07) is 5.67. The van der Waals surface area contributed by atoms with Crippen molar-refractivity contribution in [2.75, 3.05) is 5.32 Å². The largest absolute Gasteiger partial charge is 0.341 e. The third-order valence-electron chi connectivity index (χ3n) is 2.37. The molecule has 5 heteroatoms. The van der Waals surface area contributed by atoms with Crippen LogP contribution in [-0.2, 0) is 0 Å². The highest BCUT2D eigenvalue weighted by atomic mass is 35.5. The van der Waals surface area contributed by atoms with Crippen molar-refractivity contribution in [3.63, 3.8) is 0 Å². The van der Waals surface area contributed by atoms with Gasteiger partial charge in [0.1, 0.15) is 4.32 Å². The highest BCUT2D eigenvalue weighted by molar-refractivity contribution is 8.23. The van der Waals surface area contributed by atoms with E-state index in [0.29, 0.717) is 4.32 Å². The maximum absolute atomic E-state index is 6.05. The van der Waals surface area contributed by atoms with Crippen LogP contribution < -0.4 is 5.32 Å². The lowest BCUT2D eigenvalue weighted by Crippen LogP contribution is -2.10. The van der Waals surface area contributed by atoms with Gasteiger partial charge < -0.3 is 5.32 Å². The number of benzene rings is 1. The van der Waals surface area contributed by atoms with Crippen molar-refractivity contribution >= 4 is 57.2 Å². The van der Waals surface area contributed by atoms with E-state index in [1.54, 1.807) is 0 Å². The number of allylic oxidation sites excluding steroid dienone is 1. The monoisotopic (exact) mass is 319 g/mol. The minimum atomic E-state index is 0.157. The SMILES string of the molecule is CC=C(Cl)C(C)SC(=S)Nc1ccc(Cl)cc1C. The standard InChI is InChI=1S/C13H15Cl2NS2/c1-4-11(15)9(3)18-13(17)16-12-6-5-10(14)7-8(12)2/h4-7,9H,1-3H3,(H,16,17). The average molecular weight is 320 g/mol. The first-order valence-electron chi connectivity index (χ1n) is 5.49. The van der Waals surface area contributed by atoms with Crippen molar-refractivity contribution in [3.05, 3.63) is 39.9 Å². The topological polar surface area (TPSA) is 12.0 Å². The van der Waals surface area contributed by atoms with E-state index in [-0.39, 0.29) is 5.25 Å². The molecule has 1 unspecified atom stereocenters. The number of hydrogen-bond acceptors (Lipinski definition) is 2. The van der Waals surface area contributed by atoms with E-state index in [1.807, 2.05) is 45.0 Å². The Bertz CT molecular complexity index is 472. The van der Waals surface area contributed by atoms with E-state index in [1.165, 1.54) is 11.8 Å². The molecule has 1 rings (SSSR count). The average Bonchev–Trinajstić information content (AvgIpc) is 2.31. The summed E-state index contributed by atoms with van der Waals surface area (Å²) >= 11 is 18.8. The maximum atomic E-state index is 6.05. The molecule has 0 heterocycles. The van der Waals surface area contributed by atoms with E-state index < -0.39 is 0 Å². The zero-order chi connectivity index (χ0) is 13.7. The van der Waals surface area contributed by atoms with Gasteiger partial charge in [-0.25, -0.2) is 0 Å². The van der Waals surface area contributed by atoms with Gasteiger partial charge in [0.05, 0.1) is 0 Å². The molecule has 0 saturated carbocycles. The Morgan fingerprint density at radius 2 is 2.17 bits per heavy atom. The summed E-state index contributed by atoms with van der Waals surface area (Å²) in [6.45, 7) is 5.93. The molecule has 0 saturated heterocycles. The Hall–Kier alpha value is -0.220. The van der Waals surface area contributed by atoms with Crippen molar-refractivity contribution in [1.82, 2.24) is 0 Å². The van der Waals surface area contributed by atoms with Gasteiger partial charge in [0.25, 0.3) is 0 Å². The lowest BCUT2D eigenvalue weighted by atomic mass is 10.2. The summed E-state index contributed by atoms with van der Waals surface area (Å²) in [7, 11) is 0. The summed E-state index contributed by atoms with van der Waals surface area (Å²) in [5, 5.41) is 4.88. The van der Waals surface area contributed by atoms with E-state index in [9.17, 15) is 0 Å². The van der Waals surface area contributed by atoms with Crippen LogP contribution in [-0.4, -0.2) is 9.57 Å². The molecule has 1 atom stereocenters. The predicted octanol–water partition coefficient (Wildman–Crippen LogP) is 5.61. The van der Waals surface area contributed by atoms with Crippen molar-refractivity contribution in [3.8, 4) is 0 Å². The molecule has 0 amide bonds. The number of aryl methyl sites for hydroxylation is 1. The van der Waals surface area contributed by atoms with Gasteiger partial charge in [-0.15, -0.1) is 0 Å². The van der Waals surface area contributed by atoms with Crippen molar-refractivity contribution < 1.29 is 0 Å². The highest BCUT2D eigenvalue weighted by Crippen LogP contribution is 2.26. The Kier molecular flexibility index (Phi) is 6.50. The van der Waals surface area contributed by atoms with Crippen LogP contribution >= 0.6 is 47.2 Å². The number of rotatable bonds is 3. The molecule has 0 radical (unpaired) electrons. The number of thioether (sulfide) groups is 1. The lowest BCUT2D eigenvalue weighted by molar-refractivity contribution is 1.22. The van der Waals surface area contributed by atoms with Crippen LogP contribution in [0.2, 0.25) is 5.02 Å². The number of anilines is 1. The van der Waals surface area contributed by atoms with Crippen LogP contribution in [0.15, 0.2) is 29.3 Å². The first-order chi connectivity index (χ1) is 8.43. The van der Waals surface area contributed by atoms with Gasteiger partial charge in [-0.3, -0.25) is 0 Å². The summed E-state index contributed by atoms with van der Waals surface area (Å²) in [5.41, 5.74) is 2.04. The molecule has 1 aromatic rings. The van der Waals surface area contributed by atoms with Crippen LogP contribution in [0.3, 0.4) is 0 Å². The molecule has 98 valence electrons. The third-order valence-corrected chi connectivity index (χ3v) is 4.60. The number of thiocarbonyl (C=S) groups is 1. The Balaban J connectivity index is 2.65. The van der Waals surface area contributed by atoms with E-state index in [4.69, 9.17) is 35.4 Å². The van der Waals surface area contributed by atoms with Gasteiger partial charge >= 0.3 is 0 Å². The van der Waals surface area contributed by atoms with Crippen molar-refractivity contribution in [1.29, 1.82) is 0 Å². The molecular formula is C13H15Cl2NS2. The first-order valence-corrected chi connectivity index (χ1v) is 7.54. The summed E-state index contributed by atoms with van der Waals surface area (Å²) in [6.07, 6.45) is 1.88. The molecular weight excluding hydrogens is 305 g/mol. The summed E-state index contributed by atoms with van der Waals surface area (Å²) in [4.78, 5) is 0. The quantitative estimate of drug-likeness (QED) is 0.727. The van der Waals surface area contributed by atoms with Crippen molar-refractivity contribution in [2.45, 2.75) is 26.0 Å². The van der Waals surface area contributed by atoms with E-state index in [0.717, 1.165) is 21.3 Å². The second-order valence-corrected chi connectivity index (χ2v) is 6.70. The second kappa shape index (κ2) is 7.39. The molecule has 0 aliphatic rings. The van der Waals surface area contributed by atoms with E-state index in [2.05, 4.69) is 5.32 Å². The summed E-state index contributed by atoms with van der Waals surface area (Å²) < 4.78 is 0.702. The fourth-order valence-electron chi connectivity index (χ4n) is 1.36. The van der Waals surface area contributed by atoms with Gasteiger partial charge in [0.15, 0.2) is 0 Å². The van der Waals surface area contributed by atoms with E-state index >= 15 is 0 Å². The highest BCUT2D eigenvalue weighted by Gasteiger charge is 2.10. The Morgan fingerprint density at radius 1 is 1.50 bits per heavy atom. The molecule has 0 aliphatic heterocycles. The number of hydrogen-bond donors (Lipinski definition) is 1. The zero-order valence-electron chi connectivity index (χ0n) is 10.5. The molecule has 0 aromatic heterocycles. The fraction of sp³-hybridized carbons (Fsp3) is 0.308. The molecule has 1 aromatic carbocycles. The Labute approximate surface area is 128 Å². The molecule has 0 bridgehead atoms.